The number of halogens is 6. The van der Waals surface area contributed by atoms with Gasteiger partial charge >= 0.3 is 18.4 Å². The molecule has 0 aromatic carbocycles. The van der Waals surface area contributed by atoms with Crippen molar-refractivity contribution in [2.75, 3.05) is 19.7 Å². The molecule has 1 saturated heterocycles. The Morgan fingerprint density at radius 2 is 1.61 bits per heavy atom. The van der Waals surface area contributed by atoms with Crippen molar-refractivity contribution in [3.8, 4) is 0 Å². The first-order chi connectivity index (χ1) is 8.09. The fourth-order valence-electron chi connectivity index (χ4n) is 1.62. The number of nitrogens with zero attached hydrogens (tertiary/aromatic N) is 1. The zero-order chi connectivity index (χ0) is 14.0. The third-order valence-electron chi connectivity index (χ3n) is 2.58. The molecule has 1 amide bonds. The Morgan fingerprint density at radius 1 is 1.11 bits per heavy atom. The fourth-order valence-corrected chi connectivity index (χ4v) is 1.62. The Morgan fingerprint density at radius 3 is 2.00 bits per heavy atom. The Bertz CT molecular complexity index is 292. The van der Waals surface area contributed by atoms with E-state index in [0.717, 1.165) is 4.90 Å². The van der Waals surface area contributed by atoms with E-state index in [1.165, 1.54) is 0 Å². The lowest BCUT2D eigenvalue weighted by Crippen LogP contribution is -2.43. The van der Waals surface area contributed by atoms with Gasteiger partial charge < -0.3 is 9.64 Å². The van der Waals surface area contributed by atoms with Crippen LogP contribution in [-0.4, -0.2) is 43.0 Å². The molecule has 0 aromatic rings. The first-order valence-electron chi connectivity index (χ1n) is 5.15. The van der Waals surface area contributed by atoms with Crippen LogP contribution in [-0.2, 0) is 4.74 Å². The molecule has 18 heavy (non-hydrogen) atoms. The lowest BCUT2D eigenvalue weighted by atomic mass is 9.97. The maximum Gasteiger partial charge on any atom is 0.422 e. The molecular formula is C9H11F6NO2. The highest BCUT2D eigenvalue weighted by molar-refractivity contribution is 5.67. The summed E-state index contributed by atoms with van der Waals surface area (Å²) in [5.74, 6) is -1.51. The summed E-state index contributed by atoms with van der Waals surface area (Å²) in [6, 6.07) is 0. The van der Waals surface area contributed by atoms with Crippen LogP contribution in [0.15, 0.2) is 0 Å². The average molecular weight is 279 g/mol. The van der Waals surface area contributed by atoms with E-state index in [9.17, 15) is 31.1 Å². The second-order valence-electron chi connectivity index (χ2n) is 3.97. The molecule has 9 heteroatoms. The number of piperidine rings is 1. The summed E-state index contributed by atoms with van der Waals surface area (Å²) < 4.78 is 76.1. The van der Waals surface area contributed by atoms with Crippen LogP contribution in [0.5, 0.6) is 0 Å². The molecular weight excluding hydrogens is 268 g/mol. The van der Waals surface area contributed by atoms with Crippen LogP contribution in [0.1, 0.15) is 12.8 Å². The van der Waals surface area contributed by atoms with Crippen molar-refractivity contribution >= 4 is 6.09 Å². The lowest BCUT2D eigenvalue weighted by molar-refractivity contribution is -0.185. The molecule has 106 valence electrons. The van der Waals surface area contributed by atoms with E-state index in [1.807, 2.05) is 0 Å². The standard InChI is InChI=1S/C9H11F6NO2/c10-8(11,12)5-18-7(17)16-3-1-6(2-4-16)9(13,14)15/h6H,1-5H2. The number of ether oxygens (including phenoxy) is 1. The third kappa shape index (κ3) is 4.61. The number of carbonyl (C=O) groups is 1. The molecule has 1 heterocycles. The number of alkyl halides is 6. The first kappa shape index (κ1) is 14.9. The van der Waals surface area contributed by atoms with Crippen LogP contribution >= 0.6 is 0 Å². The fraction of sp³-hybridized carbons (Fsp3) is 0.889. The van der Waals surface area contributed by atoms with Gasteiger partial charge in [-0.05, 0) is 12.8 Å². The quantitative estimate of drug-likeness (QED) is 0.691. The number of hydrogen-bond donors (Lipinski definition) is 0. The zero-order valence-corrected chi connectivity index (χ0v) is 9.14. The van der Waals surface area contributed by atoms with Gasteiger partial charge in [0.2, 0.25) is 0 Å². The van der Waals surface area contributed by atoms with E-state index in [2.05, 4.69) is 4.74 Å². The predicted octanol–water partition coefficient (Wildman–Crippen LogP) is 2.96. The van der Waals surface area contributed by atoms with Gasteiger partial charge in [0.05, 0.1) is 5.92 Å². The van der Waals surface area contributed by atoms with Crippen molar-refractivity contribution in [1.82, 2.24) is 4.90 Å². The number of hydrogen-bond acceptors (Lipinski definition) is 2. The minimum atomic E-state index is -4.64. The molecule has 0 N–H and O–H groups in total. The van der Waals surface area contributed by atoms with Gasteiger partial charge in [0.15, 0.2) is 6.61 Å². The molecule has 1 aliphatic rings. The van der Waals surface area contributed by atoms with Gasteiger partial charge in [0, 0.05) is 13.1 Å². The van der Waals surface area contributed by atoms with Crippen molar-refractivity contribution in [2.45, 2.75) is 25.2 Å². The highest BCUT2D eigenvalue weighted by Crippen LogP contribution is 2.34. The average Bonchev–Trinajstić information content (AvgIpc) is 2.24. The van der Waals surface area contributed by atoms with Crippen LogP contribution in [0.2, 0.25) is 0 Å². The molecule has 0 aromatic heterocycles. The Kier molecular flexibility index (Phi) is 4.33. The summed E-state index contributed by atoms with van der Waals surface area (Å²) in [7, 11) is 0. The first-order valence-corrected chi connectivity index (χ1v) is 5.15. The molecule has 0 unspecified atom stereocenters. The molecule has 3 nitrogen and oxygen atoms in total. The topological polar surface area (TPSA) is 29.5 Å². The van der Waals surface area contributed by atoms with Gasteiger partial charge in [-0.25, -0.2) is 4.79 Å². The number of rotatable bonds is 1. The van der Waals surface area contributed by atoms with Gasteiger partial charge in [-0.1, -0.05) is 0 Å². The molecule has 0 atom stereocenters. The smallest absolute Gasteiger partial charge is 0.422 e. The molecule has 0 aliphatic carbocycles. The monoisotopic (exact) mass is 279 g/mol. The van der Waals surface area contributed by atoms with Gasteiger partial charge in [-0.3, -0.25) is 0 Å². The Balaban J connectivity index is 2.37. The lowest BCUT2D eigenvalue weighted by Gasteiger charge is -2.32. The van der Waals surface area contributed by atoms with E-state index in [1.54, 1.807) is 0 Å². The molecule has 0 spiro atoms. The minimum Gasteiger partial charge on any atom is -0.440 e. The van der Waals surface area contributed by atoms with E-state index in [4.69, 9.17) is 0 Å². The SMILES string of the molecule is O=C(OCC(F)(F)F)N1CCC(C(F)(F)F)CC1. The molecule has 1 fully saturated rings. The molecule has 1 aliphatic heterocycles. The second kappa shape index (κ2) is 5.23. The number of carbonyl (C=O) groups excluding carboxylic acids is 1. The van der Waals surface area contributed by atoms with Crippen LogP contribution < -0.4 is 0 Å². The van der Waals surface area contributed by atoms with Crippen LogP contribution in [0, 0.1) is 5.92 Å². The minimum absolute atomic E-state index is 0.249. The summed E-state index contributed by atoms with van der Waals surface area (Å²) in [4.78, 5) is 12.0. The van der Waals surface area contributed by atoms with E-state index in [-0.39, 0.29) is 25.9 Å². The van der Waals surface area contributed by atoms with Crippen molar-refractivity contribution in [1.29, 1.82) is 0 Å². The van der Waals surface area contributed by atoms with Crippen LogP contribution in [0.25, 0.3) is 0 Å². The maximum absolute atomic E-state index is 12.3. The highest BCUT2D eigenvalue weighted by Gasteiger charge is 2.42. The molecule has 0 bridgehead atoms. The molecule has 0 saturated carbocycles. The summed E-state index contributed by atoms with van der Waals surface area (Å²) in [5, 5.41) is 0. The van der Waals surface area contributed by atoms with Gasteiger partial charge in [0.1, 0.15) is 0 Å². The van der Waals surface area contributed by atoms with Crippen molar-refractivity contribution < 1.29 is 35.9 Å². The third-order valence-corrected chi connectivity index (χ3v) is 2.58. The Hall–Kier alpha value is -1.15. The number of likely N-dealkylation sites (tertiary alicyclic amines) is 1. The summed E-state index contributed by atoms with van der Waals surface area (Å²) in [6.45, 7) is -2.23. The van der Waals surface area contributed by atoms with Crippen LogP contribution in [0.4, 0.5) is 31.1 Å². The predicted molar refractivity (Wildman–Crippen MR) is 47.8 cm³/mol. The zero-order valence-electron chi connectivity index (χ0n) is 9.14. The van der Waals surface area contributed by atoms with Crippen molar-refractivity contribution in [2.24, 2.45) is 5.92 Å². The molecule has 1 rings (SSSR count). The van der Waals surface area contributed by atoms with Crippen molar-refractivity contribution in [3.05, 3.63) is 0 Å². The summed E-state index contributed by atoms with van der Waals surface area (Å²) in [5.41, 5.74) is 0. The number of amides is 1. The largest absolute Gasteiger partial charge is 0.440 e. The van der Waals surface area contributed by atoms with Gasteiger partial charge in [-0.2, -0.15) is 26.3 Å². The van der Waals surface area contributed by atoms with E-state index >= 15 is 0 Å². The van der Waals surface area contributed by atoms with Crippen LogP contribution in [0.3, 0.4) is 0 Å². The van der Waals surface area contributed by atoms with Gasteiger partial charge in [0.25, 0.3) is 0 Å². The van der Waals surface area contributed by atoms with E-state index < -0.39 is 31.0 Å². The summed E-state index contributed by atoms with van der Waals surface area (Å²) in [6.07, 6.45) is -10.8. The van der Waals surface area contributed by atoms with Crippen molar-refractivity contribution in [3.63, 3.8) is 0 Å². The summed E-state index contributed by atoms with van der Waals surface area (Å²) >= 11 is 0. The molecule has 0 radical (unpaired) electrons. The maximum atomic E-state index is 12.3. The normalized spacial score (nSPS) is 18.9. The highest BCUT2D eigenvalue weighted by atomic mass is 19.4. The van der Waals surface area contributed by atoms with Gasteiger partial charge in [-0.15, -0.1) is 0 Å². The second-order valence-corrected chi connectivity index (χ2v) is 3.97. The Labute approximate surface area is 98.7 Å². The van der Waals surface area contributed by atoms with E-state index in [0.29, 0.717) is 0 Å².